The van der Waals surface area contributed by atoms with Crippen LogP contribution < -0.4 is 11.3 Å². The number of nitrogens with one attached hydrogen (secondary N) is 1. The van der Waals surface area contributed by atoms with E-state index in [9.17, 15) is 0 Å². The molecule has 0 amide bonds. The van der Waals surface area contributed by atoms with Gasteiger partial charge in [-0.15, -0.1) is 5.10 Å². The third-order valence-corrected chi connectivity index (χ3v) is 3.17. The molecule has 1 atom stereocenters. The van der Waals surface area contributed by atoms with Gasteiger partial charge in [0.15, 0.2) is 0 Å². The van der Waals surface area contributed by atoms with Crippen molar-refractivity contribution in [2.75, 3.05) is 0 Å². The average Bonchev–Trinajstić information content (AvgIpc) is 3.09. The summed E-state index contributed by atoms with van der Waals surface area (Å²) in [6.07, 6.45) is 4.22. The molecule has 0 aliphatic heterocycles. The van der Waals surface area contributed by atoms with E-state index < -0.39 is 0 Å². The second-order valence-corrected chi connectivity index (χ2v) is 4.39. The molecule has 17 heavy (non-hydrogen) atoms. The van der Waals surface area contributed by atoms with Gasteiger partial charge in [-0.05, 0) is 30.9 Å². The smallest absolute Gasteiger partial charge is 0.0831 e. The lowest BCUT2D eigenvalue weighted by atomic mass is 10.1. The van der Waals surface area contributed by atoms with E-state index in [-0.39, 0.29) is 6.04 Å². The molecule has 1 heterocycles. The van der Waals surface area contributed by atoms with Crippen LogP contribution in [0.3, 0.4) is 0 Å². The number of nitrogens with two attached hydrogens (primary N) is 1. The van der Waals surface area contributed by atoms with Gasteiger partial charge in [0.25, 0.3) is 0 Å². The Balaban J connectivity index is 1.98. The standard InChI is InChI=1S/C12H15N5/c13-15-12(9-6-7-9)11-8-14-16-17(11)10-4-2-1-3-5-10/h1-5,8-9,12,15H,6-7,13H2. The number of hydrazine groups is 1. The van der Waals surface area contributed by atoms with E-state index >= 15 is 0 Å². The molecule has 1 aromatic heterocycles. The van der Waals surface area contributed by atoms with Gasteiger partial charge in [0, 0.05) is 0 Å². The number of benzene rings is 1. The number of aromatic nitrogens is 3. The van der Waals surface area contributed by atoms with Crippen molar-refractivity contribution < 1.29 is 0 Å². The van der Waals surface area contributed by atoms with E-state index in [4.69, 9.17) is 5.84 Å². The first-order valence-corrected chi connectivity index (χ1v) is 5.82. The van der Waals surface area contributed by atoms with E-state index in [2.05, 4.69) is 15.7 Å². The fourth-order valence-electron chi connectivity index (χ4n) is 2.12. The lowest BCUT2D eigenvalue weighted by molar-refractivity contribution is 0.472. The van der Waals surface area contributed by atoms with Crippen molar-refractivity contribution in [3.05, 3.63) is 42.2 Å². The van der Waals surface area contributed by atoms with Crippen LogP contribution in [0.2, 0.25) is 0 Å². The topological polar surface area (TPSA) is 68.8 Å². The van der Waals surface area contributed by atoms with E-state index in [0.29, 0.717) is 5.92 Å². The molecule has 1 aliphatic carbocycles. The van der Waals surface area contributed by atoms with Crippen LogP contribution in [0.4, 0.5) is 0 Å². The molecule has 0 spiro atoms. The molecular formula is C12H15N5. The number of nitrogens with zero attached hydrogens (tertiary/aromatic N) is 3. The maximum absolute atomic E-state index is 5.63. The monoisotopic (exact) mass is 229 g/mol. The Labute approximate surface area is 99.6 Å². The first-order chi connectivity index (χ1) is 8.40. The maximum atomic E-state index is 5.63. The largest absolute Gasteiger partial charge is 0.271 e. The van der Waals surface area contributed by atoms with Gasteiger partial charge in [0.2, 0.25) is 0 Å². The summed E-state index contributed by atoms with van der Waals surface area (Å²) in [6, 6.07) is 10.1. The van der Waals surface area contributed by atoms with Gasteiger partial charge in [-0.2, -0.15) is 0 Å². The van der Waals surface area contributed by atoms with Crippen LogP contribution in [-0.2, 0) is 0 Å². The maximum Gasteiger partial charge on any atom is 0.0831 e. The van der Waals surface area contributed by atoms with Crippen LogP contribution in [0.1, 0.15) is 24.6 Å². The zero-order valence-electron chi connectivity index (χ0n) is 9.45. The highest BCUT2D eigenvalue weighted by molar-refractivity contribution is 5.32. The summed E-state index contributed by atoms with van der Waals surface area (Å²) in [4.78, 5) is 0. The molecule has 1 saturated carbocycles. The summed E-state index contributed by atoms with van der Waals surface area (Å²) in [5, 5.41) is 8.13. The van der Waals surface area contributed by atoms with Crippen LogP contribution in [0, 0.1) is 5.92 Å². The highest BCUT2D eigenvalue weighted by Crippen LogP contribution is 2.40. The lowest BCUT2D eigenvalue weighted by Gasteiger charge is -2.15. The molecule has 88 valence electrons. The number of rotatable bonds is 4. The van der Waals surface area contributed by atoms with E-state index in [1.54, 1.807) is 6.20 Å². The second kappa shape index (κ2) is 4.27. The molecule has 3 N–H and O–H groups in total. The van der Waals surface area contributed by atoms with Gasteiger partial charge >= 0.3 is 0 Å². The van der Waals surface area contributed by atoms with Gasteiger partial charge in [-0.3, -0.25) is 11.3 Å². The fraction of sp³-hybridized carbons (Fsp3) is 0.333. The van der Waals surface area contributed by atoms with Crippen molar-refractivity contribution >= 4 is 0 Å². The summed E-state index contributed by atoms with van der Waals surface area (Å²) < 4.78 is 1.85. The Hall–Kier alpha value is -1.72. The Kier molecular flexibility index (Phi) is 2.62. The molecule has 0 saturated heterocycles. The molecular weight excluding hydrogens is 214 g/mol. The number of hydrogen-bond donors (Lipinski definition) is 2. The van der Waals surface area contributed by atoms with Gasteiger partial charge in [-0.1, -0.05) is 23.4 Å². The highest BCUT2D eigenvalue weighted by Gasteiger charge is 2.34. The molecule has 2 aromatic rings. The Morgan fingerprint density at radius 3 is 2.71 bits per heavy atom. The summed E-state index contributed by atoms with van der Waals surface area (Å²) in [5.41, 5.74) is 4.92. The Morgan fingerprint density at radius 2 is 2.06 bits per heavy atom. The number of hydrogen-bond acceptors (Lipinski definition) is 4. The normalized spacial score (nSPS) is 17.0. The Bertz CT molecular complexity index is 489. The molecule has 1 unspecified atom stereocenters. The molecule has 5 heteroatoms. The van der Waals surface area contributed by atoms with E-state index in [0.717, 1.165) is 11.4 Å². The minimum atomic E-state index is 0.144. The first-order valence-electron chi connectivity index (χ1n) is 5.82. The summed E-state index contributed by atoms with van der Waals surface area (Å²) in [7, 11) is 0. The minimum Gasteiger partial charge on any atom is -0.271 e. The second-order valence-electron chi connectivity index (χ2n) is 4.39. The molecule has 0 radical (unpaired) electrons. The van der Waals surface area contributed by atoms with Crippen molar-refractivity contribution in [3.8, 4) is 5.69 Å². The van der Waals surface area contributed by atoms with Gasteiger partial charge in [0.05, 0.1) is 23.6 Å². The predicted octanol–water partition coefficient (Wildman–Crippen LogP) is 1.18. The summed E-state index contributed by atoms with van der Waals surface area (Å²) in [6.45, 7) is 0. The van der Waals surface area contributed by atoms with E-state index in [1.807, 2.05) is 35.0 Å². The number of para-hydroxylation sites is 1. The van der Waals surface area contributed by atoms with Crippen molar-refractivity contribution in [2.24, 2.45) is 11.8 Å². The van der Waals surface area contributed by atoms with Crippen LogP contribution in [0.15, 0.2) is 36.5 Å². The quantitative estimate of drug-likeness (QED) is 0.610. The molecule has 3 rings (SSSR count). The molecule has 0 bridgehead atoms. The summed E-state index contributed by atoms with van der Waals surface area (Å²) >= 11 is 0. The fourth-order valence-corrected chi connectivity index (χ4v) is 2.12. The predicted molar refractivity (Wildman–Crippen MR) is 64.1 cm³/mol. The van der Waals surface area contributed by atoms with Crippen molar-refractivity contribution in [1.82, 2.24) is 20.4 Å². The van der Waals surface area contributed by atoms with Crippen molar-refractivity contribution in [2.45, 2.75) is 18.9 Å². The zero-order valence-corrected chi connectivity index (χ0v) is 9.45. The minimum absolute atomic E-state index is 0.144. The highest BCUT2D eigenvalue weighted by atomic mass is 15.4. The Morgan fingerprint density at radius 1 is 1.29 bits per heavy atom. The summed E-state index contributed by atoms with van der Waals surface area (Å²) in [5.74, 6) is 6.24. The van der Waals surface area contributed by atoms with Crippen molar-refractivity contribution in [1.29, 1.82) is 0 Å². The third-order valence-electron chi connectivity index (χ3n) is 3.17. The molecule has 1 aliphatic rings. The van der Waals surface area contributed by atoms with Crippen LogP contribution in [-0.4, -0.2) is 15.0 Å². The van der Waals surface area contributed by atoms with Crippen molar-refractivity contribution in [3.63, 3.8) is 0 Å². The zero-order chi connectivity index (χ0) is 11.7. The van der Waals surface area contributed by atoms with Gasteiger partial charge in [0.1, 0.15) is 0 Å². The van der Waals surface area contributed by atoms with Crippen LogP contribution in [0.5, 0.6) is 0 Å². The van der Waals surface area contributed by atoms with E-state index in [1.165, 1.54) is 12.8 Å². The lowest BCUT2D eigenvalue weighted by Crippen LogP contribution is -2.31. The average molecular weight is 229 g/mol. The molecule has 1 aromatic carbocycles. The van der Waals surface area contributed by atoms with Crippen LogP contribution in [0.25, 0.3) is 5.69 Å². The molecule has 1 fully saturated rings. The third kappa shape index (κ3) is 1.94. The SMILES string of the molecule is NNC(c1cnnn1-c1ccccc1)C1CC1. The first kappa shape index (κ1) is 10.4. The van der Waals surface area contributed by atoms with Gasteiger partial charge in [-0.25, -0.2) is 4.68 Å². The van der Waals surface area contributed by atoms with Gasteiger partial charge < -0.3 is 0 Å². The molecule has 5 nitrogen and oxygen atoms in total. The van der Waals surface area contributed by atoms with Crippen LogP contribution >= 0.6 is 0 Å².